The van der Waals surface area contributed by atoms with Gasteiger partial charge in [-0.3, -0.25) is 9.59 Å². The van der Waals surface area contributed by atoms with Gasteiger partial charge in [-0.1, -0.05) is 11.3 Å². The van der Waals surface area contributed by atoms with Gasteiger partial charge in [-0.25, -0.2) is 4.98 Å². The summed E-state index contributed by atoms with van der Waals surface area (Å²) in [5.74, 6) is -0.349. The number of thiazole rings is 1. The Morgan fingerprint density at radius 2 is 1.75 bits per heavy atom. The Morgan fingerprint density at radius 3 is 2.46 bits per heavy atom. The molecule has 0 unspecified atom stereocenters. The number of hydrogen-bond donors (Lipinski definition) is 2. The molecule has 0 saturated carbocycles. The van der Waals surface area contributed by atoms with Crippen LogP contribution < -0.4 is 15.5 Å². The van der Waals surface area contributed by atoms with Crippen LogP contribution in [0.3, 0.4) is 0 Å². The Labute approximate surface area is 166 Å². The highest BCUT2D eigenvalue weighted by molar-refractivity contribution is 7.22. The monoisotopic (exact) mass is 396 g/mol. The number of benzene rings is 2. The summed E-state index contributed by atoms with van der Waals surface area (Å²) in [6.07, 6.45) is 0. The highest BCUT2D eigenvalue weighted by Crippen LogP contribution is 2.31. The maximum atomic E-state index is 12.5. The van der Waals surface area contributed by atoms with Crippen molar-refractivity contribution in [2.45, 2.75) is 6.92 Å². The molecule has 3 aromatic rings. The topological polar surface area (TPSA) is 83.6 Å². The van der Waals surface area contributed by atoms with Crippen molar-refractivity contribution in [3.8, 4) is 0 Å². The lowest BCUT2D eigenvalue weighted by Gasteiger charge is -2.25. The second-order valence-electron chi connectivity index (χ2n) is 6.49. The van der Waals surface area contributed by atoms with Crippen LogP contribution in [0.15, 0.2) is 42.5 Å². The van der Waals surface area contributed by atoms with Crippen LogP contribution in [-0.2, 0) is 9.53 Å². The van der Waals surface area contributed by atoms with Gasteiger partial charge in [-0.15, -0.1) is 0 Å². The van der Waals surface area contributed by atoms with Gasteiger partial charge in [0.1, 0.15) is 0 Å². The van der Waals surface area contributed by atoms with Gasteiger partial charge in [0.15, 0.2) is 5.13 Å². The Hall–Kier alpha value is -2.97. The quantitative estimate of drug-likeness (QED) is 0.707. The lowest BCUT2D eigenvalue weighted by molar-refractivity contribution is -0.114. The molecule has 0 spiro atoms. The number of carbonyl (C=O) groups excluding carboxylic acids is 2. The Kier molecular flexibility index (Phi) is 5.23. The van der Waals surface area contributed by atoms with Crippen molar-refractivity contribution >= 4 is 49.9 Å². The molecule has 0 atom stereocenters. The van der Waals surface area contributed by atoms with Crippen molar-refractivity contribution < 1.29 is 14.3 Å². The number of rotatable bonds is 4. The van der Waals surface area contributed by atoms with Crippen LogP contribution in [0, 0.1) is 0 Å². The summed E-state index contributed by atoms with van der Waals surface area (Å²) in [5.41, 5.74) is 2.82. The van der Waals surface area contributed by atoms with Gasteiger partial charge in [-0.05, 0) is 42.5 Å². The van der Waals surface area contributed by atoms with Crippen molar-refractivity contribution in [1.29, 1.82) is 0 Å². The van der Waals surface area contributed by atoms with Crippen LogP contribution in [0.5, 0.6) is 0 Å². The summed E-state index contributed by atoms with van der Waals surface area (Å²) in [6.45, 7) is 4.58. The van der Waals surface area contributed by atoms with E-state index in [1.54, 1.807) is 35.6 Å². The summed E-state index contributed by atoms with van der Waals surface area (Å²) < 4.78 is 6.42. The van der Waals surface area contributed by atoms with Gasteiger partial charge >= 0.3 is 0 Å². The van der Waals surface area contributed by atoms with E-state index in [2.05, 4.69) is 20.5 Å². The molecule has 1 aliphatic heterocycles. The number of nitrogens with zero attached hydrogens (tertiary/aromatic N) is 2. The fourth-order valence-corrected chi connectivity index (χ4v) is 4.05. The minimum Gasteiger partial charge on any atom is -0.378 e. The number of anilines is 3. The molecule has 0 radical (unpaired) electrons. The molecule has 1 fully saturated rings. The maximum Gasteiger partial charge on any atom is 0.255 e. The molecule has 4 rings (SSSR count). The van der Waals surface area contributed by atoms with Gasteiger partial charge in [0.2, 0.25) is 5.91 Å². The minimum atomic E-state index is -0.202. The summed E-state index contributed by atoms with van der Waals surface area (Å²) >= 11 is 1.62. The number of hydrogen-bond acceptors (Lipinski definition) is 6. The third-order valence-corrected chi connectivity index (χ3v) is 5.46. The third-order valence-electron chi connectivity index (χ3n) is 4.38. The first-order chi connectivity index (χ1) is 13.6. The first-order valence-corrected chi connectivity index (χ1v) is 9.82. The van der Waals surface area contributed by atoms with E-state index in [0.717, 1.165) is 47.3 Å². The molecule has 2 amide bonds. The number of carbonyl (C=O) groups is 2. The average molecular weight is 396 g/mol. The van der Waals surface area contributed by atoms with Crippen molar-refractivity contribution in [2.24, 2.45) is 0 Å². The smallest absolute Gasteiger partial charge is 0.255 e. The van der Waals surface area contributed by atoms with E-state index in [0.29, 0.717) is 11.3 Å². The first kappa shape index (κ1) is 18.4. The molecule has 2 aromatic carbocycles. The summed E-state index contributed by atoms with van der Waals surface area (Å²) in [5, 5.41) is 6.58. The van der Waals surface area contributed by atoms with Crippen LogP contribution in [0.1, 0.15) is 17.3 Å². The number of morpholine rings is 1. The maximum absolute atomic E-state index is 12.5. The van der Waals surface area contributed by atoms with Crippen molar-refractivity contribution in [3.63, 3.8) is 0 Å². The van der Waals surface area contributed by atoms with E-state index in [9.17, 15) is 9.59 Å². The van der Waals surface area contributed by atoms with E-state index in [1.807, 2.05) is 18.2 Å². The number of nitrogens with one attached hydrogen (secondary N) is 2. The van der Waals surface area contributed by atoms with Gasteiger partial charge in [0, 0.05) is 37.0 Å². The van der Waals surface area contributed by atoms with Crippen molar-refractivity contribution in [3.05, 3.63) is 48.0 Å². The van der Waals surface area contributed by atoms with Crippen LogP contribution in [-0.4, -0.2) is 43.1 Å². The van der Waals surface area contributed by atoms with Gasteiger partial charge in [0.25, 0.3) is 5.91 Å². The van der Waals surface area contributed by atoms with Gasteiger partial charge < -0.3 is 20.3 Å². The molecule has 0 aliphatic carbocycles. The van der Waals surface area contributed by atoms with Crippen molar-refractivity contribution in [1.82, 2.24) is 4.98 Å². The molecular formula is C20H20N4O3S. The summed E-state index contributed by atoms with van der Waals surface area (Å²) in [6, 6.07) is 12.5. The van der Waals surface area contributed by atoms with Crippen LogP contribution in [0.4, 0.5) is 16.5 Å². The fourth-order valence-electron chi connectivity index (χ4n) is 2.99. The molecule has 7 nitrogen and oxygen atoms in total. The molecule has 1 aliphatic rings. The van der Waals surface area contributed by atoms with Gasteiger partial charge in [0.05, 0.1) is 23.4 Å². The highest BCUT2D eigenvalue weighted by atomic mass is 32.1. The first-order valence-electron chi connectivity index (χ1n) is 9.01. The van der Waals surface area contributed by atoms with E-state index >= 15 is 0 Å². The molecule has 28 heavy (non-hydrogen) atoms. The van der Waals surface area contributed by atoms with Crippen LogP contribution >= 0.6 is 11.3 Å². The molecule has 144 valence electrons. The Morgan fingerprint density at radius 1 is 1.04 bits per heavy atom. The molecular weight excluding hydrogens is 376 g/mol. The average Bonchev–Trinajstić information content (AvgIpc) is 3.12. The molecule has 0 bridgehead atoms. The molecule has 1 aromatic heterocycles. The van der Waals surface area contributed by atoms with Crippen LogP contribution in [0.25, 0.3) is 10.2 Å². The highest BCUT2D eigenvalue weighted by Gasteiger charge is 2.16. The van der Waals surface area contributed by atoms with E-state index in [1.165, 1.54) is 6.92 Å². The predicted molar refractivity (Wildman–Crippen MR) is 111 cm³/mol. The molecule has 2 N–H and O–H groups in total. The number of aromatic nitrogens is 1. The largest absolute Gasteiger partial charge is 0.378 e. The second kappa shape index (κ2) is 7.95. The molecule has 2 heterocycles. The zero-order chi connectivity index (χ0) is 19.5. The zero-order valence-corrected chi connectivity index (χ0v) is 16.2. The standard InChI is InChI=1S/C20H20N4O3S/c1-13(25)21-15-4-2-14(3-5-15)19(26)22-16-6-7-17-18(12-16)28-20(23-17)24-8-10-27-11-9-24/h2-7,12H,8-11H2,1H3,(H,21,25)(H,22,26). The Bertz CT molecular complexity index is 1010. The van der Waals surface area contributed by atoms with E-state index in [-0.39, 0.29) is 11.8 Å². The SMILES string of the molecule is CC(=O)Nc1ccc(C(=O)Nc2ccc3nc(N4CCOCC4)sc3c2)cc1. The number of ether oxygens (including phenoxy) is 1. The third kappa shape index (κ3) is 4.13. The van der Waals surface area contributed by atoms with E-state index < -0.39 is 0 Å². The predicted octanol–water partition coefficient (Wildman–Crippen LogP) is 3.34. The number of amides is 2. The van der Waals surface area contributed by atoms with Crippen molar-refractivity contribution in [2.75, 3.05) is 41.8 Å². The summed E-state index contributed by atoms with van der Waals surface area (Å²) in [7, 11) is 0. The van der Waals surface area contributed by atoms with Crippen LogP contribution in [0.2, 0.25) is 0 Å². The lowest BCUT2D eigenvalue weighted by Crippen LogP contribution is -2.36. The normalized spacial score (nSPS) is 14.1. The number of fused-ring (bicyclic) bond motifs is 1. The van der Waals surface area contributed by atoms with E-state index in [4.69, 9.17) is 4.74 Å². The van der Waals surface area contributed by atoms with Gasteiger partial charge in [-0.2, -0.15) is 0 Å². The minimum absolute atomic E-state index is 0.147. The Balaban J connectivity index is 1.47. The fraction of sp³-hybridized carbons (Fsp3) is 0.250. The molecule has 1 saturated heterocycles. The lowest BCUT2D eigenvalue weighted by atomic mass is 10.2. The second-order valence-corrected chi connectivity index (χ2v) is 7.50. The zero-order valence-electron chi connectivity index (χ0n) is 15.4. The molecule has 8 heteroatoms. The summed E-state index contributed by atoms with van der Waals surface area (Å²) in [4.78, 5) is 30.5.